The number of nitrogens with zero attached hydrogens (tertiary/aromatic N) is 1. The molecule has 8 heteroatoms. The number of halogens is 3. The second-order valence-corrected chi connectivity index (χ2v) is 8.38. The number of benzene rings is 3. The molecule has 0 saturated carbocycles. The Morgan fingerprint density at radius 1 is 1.00 bits per heavy atom. The van der Waals surface area contributed by atoms with Gasteiger partial charge in [-0.15, -0.1) is 0 Å². The van der Waals surface area contributed by atoms with E-state index in [-0.39, 0.29) is 11.7 Å². The molecule has 35 heavy (non-hydrogen) atoms. The van der Waals surface area contributed by atoms with Gasteiger partial charge in [-0.05, 0) is 59.9 Å². The molecule has 0 radical (unpaired) electrons. The standard InChI is InChI=1S/C27H25F3N2O3/c1-2-5-25(33)32-15-14-19-16-22(13-10-20(19)17-32)31-26(34)35-24-7-4-3-6-23(24)18-8-11-21(12-9-18)27(28,29)30/h3-4,6-13,16H,2,5,14-15,17H2,1H3,(H,31,34). The zero-order valence-electron chi connectivity index (χ0n) is 19.2. The van der Waals surface area contributed by atoms with Gasteiger partial charge < -0.3 is 9.64 Å². The predicted molar refractivity (Wildman–Crippen MR) is 127 cm³/mol. The first-order valence-corrected chi connectivity index (χ1v) is 11.4. The molecule has 4 rings (SSSR count). The number of fused-ring (bicyclic) bond motifs is 1. The molecule has 0 unspecified atom stereocenters. The number of nitrogens with one attached hydrogen (secondary N) is 1. The molecule has 5 nitrogen and oxygen atoms in total. The molecule has 0 atom stereocenters. The van der Waals surface area contributed by atoms with Gasteiger partial charge >= 0.3 is 12.3 Å². The minimum absolute atomic E-state index is 0.149. The van der Waals surface area contributed by atoms with Crippen LogP contribution in [0.3, 0.4) is 0 Å². The van der Waals surface area contributed by atoms with Crippen molar-refractivity contribution < 1.29 is 27.5 Å². The molecule has 182 valence electrons. The van der Waals surface area contributed by atoms with Crippen molar-refractivity contribution in [2.45, 2.75) is 38.9 Å². The molecule has 3 aromatic carbocycles. The van der Waals surface area contributed by atoms with E-state index in [1.165, 1.54) is 12.1 Å². The molecule has 0 fully saturated rings. The molecule has 0 bridgehead atoms. The van der Waals surface area contributed by atoms with Crippen molar-refractivity contribution >= 4 is 17.7 Å². The van der Waals surface area contributed by atoms with Crippen molar-refractivity contribution in [2.75, 3.05) is 11.9 Å². The summed E-state index contributed by atoms with van der Waals surface area (Å²) in [6.07, 6.45) is -3.08. The third kappa shape index (κ3) is 5.82. The Labute approximate surface area is 201 Å². The molecule has 1 N–H and O–H groups in total. The number of ether oxygens (including phenoxy) is 1. The van der Waals surface area contributed by atoms with Gasteiger partial charge in [0.05, 0.1) is 5.56 Å². The van der Waals surface area contributed by atoms with Crippen LogP contribution < -0.4 is 10.1 Å². The van der Waals surface area contributed by atoms with Crippen LogP contribution in [0.5, 0.6) is 5.75 Å². The van der Waals surface area contributed by atoms with Gasteiger partial charge in [0.1, 0.15) is 5.75 Å². The van der Waals surface area contributed by atoms with E-state index in [2.05, 4.69) is 5.32 Å². The van der Waals surface area contributed by atoms with Gasteiger partial charge in [-0.2, -0.15) is 13.2 Å². The number of hydrogen-bond donors (Lipinski definition) is 1. The van der Waals surface area contributed by atoms with Crippen LogP contribution in [0.25, 0.3) is 11.1 Å². The van der Waals surface area contributed by atoms with Gasteiger partial charge in [-0.25, -0.2) is 4.79 Å². The summed E-state index contributed by atoms with van der Waals surface area (Å²) < 4.78 is 44.1. The van der Waals surface area contributed by atoms with Crippen molar-refractivity contribution in [1.29, 1.82) is 0 Å². The average Bonchev–Trinajstić information content (AvgIpc) is 2.83. The van der Waals surface area contributed by atoms with Crippen molar-refractivity contribution in [1.82, 2.24) is 4.90 Å². The van der Waals surface area contributed by atoms with E-state index in [1.807, 2.05) is 24.0 Å². The lowest BCUT2D eigenvalue weighted by atomic mass is 9.98. The first-order valence-electron chi connectivity index (χ1n) is 11.4. The van der Waals surface area contributed by atoms with Gasteiger partial charge in [-0.3, -0.25) is 10.1 Å². The van der Waals surface area contributed by atoms with E-state index in [0.717, 1.165) is 29.7 Å². The quantitative estimate of drug-likeness (QED) is 0.442. The average molecular weight is 483 g/mol. The number of amides is 2. The second kappa shape index (κ2) is 10.2. The van der Waals surface area contributed by atoms with Crippen LogP contribution in [0.2, 0.25) is 0 Å². The summed E-state index contributed by atoms with van der Waals surface area (Å²) in [6, 6.07) is 16.9. The Morgan fingerprint density at radius 2 is 1.74 bits per heavy atom. The van der Waals surface area contributed by atoms with E-state index in [4.69, 9.17) is 4.74 Å². The maximum absolute atomic E-state index is 12.9. The number of hydrogen-bond acceptors (Lipinski definition) is 3. The molecule has 3 aromatic rings. The summed E-state index contributed by atoms with van der Waals surface area (Å²) in [4.78, 5) is 26.6. The molecule has 0 aliphatic carbocycles. The number of carbonyl (C=O) groups excluding carboxylic acids is 2. The van der Waals surface area contributed by atoms with Gasteiger partial charge in [0.15, 0.2) is 0 Å². The van der Waals surface area contributed by atoms with Gasteiger partial charge in [-0.1, -0.05) is 43.3 Å². The predicted octanol–water partition coefficient (Wildman–Crippen LogP) is 6.67. The van der Waals surface area contributed by atoms with Crippen molar-refractivity contribution in [2.24, 2.45) is 0 Å². The van der Waals surface area contributed by atoms with Gasteiger partial charge in [0.25, 0.3) is 0 Å². The largest absolute Gasteiger partial charge is 0.417 e. The first-order chi connectivity index (χ1) is 16.7. The van der Waals surface area contributed by atoms with Crippen molar-refractivity contribution in [3.8, 4) is 16.9 Å². The zero-order chi connectivity index (χ0) is 25.0. The number of carbonyl (C=O) groups is 2. The molecule has 0 aromatic heterocycles. The Bertz CT molecular complexity index is 1220. The Hall–Kier alpha value is -3.81. The topological polar surface area (TPSA) is 58.6 Å². The van der Waals surface area contributed by atoms with Crippen LogP contribution in [-0.4, -0.2) is 23.4 Å². The maximum Gasteiger partial charge on any atom is 0.417 e. The zero-order valence-corrected chi connectivity index (χ0v) is 19.2. The number of para-hydroxylation sites is 1. The van der Waals surface area contributed by atoms with Gasteiger partial charge in [0.2, 0.25) is 5.91 Å². The Morgan fingerprint density at radius 3 is 2.46 bits per heavy atom. The maximum atomic E-state index is 12.9. The molecule has 1 aliphatic rings. The molecule has 1 aliphatic heterocycles. The highest BCUT2D eigenvalue weighted by atomic mass is 19.4. The van der Waals surface area contributed by atoms with Crippen LogP contribution in [0.15, 0.2) is 66.7 Å². The summed E-state index contributed by atoms with van der Waals surface area (Å²) in [5, 5.41) is 2.71. The van der Waals surface area contributed by atoms with Gasteiger partial charge in [0, 0.05) is 30.8 Å². The van der Waals surface area contributed by atoms with Crippen LogP contribution in [0, 0.1) is 0 Å². The smallest absolute Gasteiger partial charge is 0.409 e. The van der Waals surface area contributed by atoms with E-state index in [1.54, 1.807) is 30.3 Å². The van der Waals surface area contributed by atoms with Crippen LogP contribution >= 0.6 is 0 Å². The number of alkyl halides is 3. The van der Waals surface area contributed by atoms with Crippen molar-refractivity contribution in [3.05, 3.63) is 83.4 Å². The number of anilines is 1. The summed E-state index contributed by atoms with van der Waals surface area (Å²) in [6.45, 7) is 3.17. The fraction of sp³-hybridized carbons (Fsp3) is 0.259. The molecule has 1 heterocycles. The third-order valence-corrected chi connectivity index (χ3v) is 5.89. The lowest BCUT2D eigenvalue weighted by Gasteiger charge is -2.29. The Balaban J connectivity index is 1.44. The van der Waals surface area contributed by atoms with Crippen LogP contribution in [0.1, 0.15) is 36.5 Å². The summed E-state index contributed by atoms with van der Waals surface area (Å²) >= 11 is 0. The van der Waals surface area contributed by atoms with E-state index < -0.39 is 17.8 Å². The molecule has 0 spiro atoms. The van der Waals surface area contributed by atoms with Crippen LogP contribution in [-0.2, 0) is 23.9 Å². The van der Waals surface area contributed by atoms with E-state index in [9.17, 15) is 22.8 Å². The summed E-state index contributed by atoms with van der Waals surface area (Å²) in [7, 11) is 0. The molecule has 2 amide bonds. The normalized spacial score (nSPS) is 13.2. The van der Waals surface area contributed by atoms with Crippen LogP contribution in [0.4, 0.5) is 23.7 Å². The molecular formula is C27H25F3N2O3. The first kappa shape index (κ1) is 24.3. The highest BCUT2D eigenvalue weighted by Gasteiger charge is 2.30. The summed E-state index contributed by atoms with van der Waals surface area (Å²) in [5.41, 5.74) is 2.92. The highest BCUT2D eigenvalue weighted by Crippen LogP contribution is 2.34. The highest BCUT2D eigenvalue weighted by molar-refractivity contribution is 5.88. The summed E-state index contributed by atoms with van der Waals surface area (Å²) in [5.74, 6) is 0.378. The van der Waals surface area contributed by atoms with Crippen molar-refractivity contribution in [3.63, 3.8) is 0 Å². The Kier molecular flexibility index (Phi) is 7.10. The fourth-order valence-corrected chi connectivity index (χ4v) is 4.09. The minimum Gasteiger partial charge on any atom is -0.409 e. The van der Waals surface area contributed by atoms with E-state index in [0.29, 0.717) is 42.7 Å². The SMILES string of the molecule is CCCC(=O)N1CCc2cc(NC(=O)Oc3ccccc3-c3ccc(C(F)(F)F)cc3)ccc2C1. The lowest BCUT2D eigenvalue weighted by Crippen LogP contribution is -2.35. The molecule has 0 saturated heterocycles. The monoisotopic (exact) mass is 482 g/mol. The number of rotatable bonds is 5. The van der Waals surface area contributed by atoms with E-state index >= 15 is 0 Å². The minimum atomic E-state index is -4.42. The second-order valence-electron chi connectivity index (χ2n) is 8.38. The lowest BCUT2D eigenvalue weighted by molar-refractivity contribution is -0.137. The molecular weight excluding hydrogens is 457 g/mol. The third-order valence-electron chi connectivity index (χ3n) is 5.89. The fourth-order valence-electron chi connectivity index (χ4n) is 4.09.